The fourth-order valence-corrected chi connectivity index (χ4v) is 1.88. The molecule has 7 heteroatoms. The Labute approximate surface area is 94.7 Å². The number of nitrogens with one attached hydrogen (secondary N) is 1. The summed E-state index contributed by atoms with van der Waals surface area (Å²) in [4.78, 5) is 10.7. The molecule has 0 unspecified atom stereocenters. The van der Waals surface area contributed by atoms with E-state index < -0.39 is 34.4 Å². The molecule has 0 aromatic carbocycles. The number of sulfonamides is 1. The monoisotopic (exact) mass is 249 g/mol. The molecule has 0 aromatic rings. The van der Waals surface area contributed by atoms with Gasteiger partial charge in [0.05, 0.1) is 12.4 Å². The van der Waals surface area contributed by atoms with Crippen LogP contribution in [0.5, 0.6) is 0 Å². The maximum Gasteiger partial charge on any atom is 0.303 e. The van der Waals surface area contributed by atoms with Crippen molar-refractivity contribution in [1.82, 2.24) is 4.72 Å². The van der Waals surface area contributed by atoms with Crippen LogP contribution >= 0.6 is 0 Å². The molecule has 1 aliphatic rings. The molecule has 1 rings (SSSR count). The van der Waals surface area contributed by atoms with Gasteiger partial charge < -0.3 is 9.47 Å². The summed E-state index contributed by atoms with van der Waals surface area (Å²) in [6, 6.07) is 0. The van der Waals surface area contributed by atoms with E-state index in [1.54, 1.807) is 13.0 Å². The standard InChI is InChI=1S/C9H15NO5S/c1-6-8(15-7(2)11)4-5-9(14-6)10-16(3,12)13/h4-6,8-10H,1-3H3/t6-,8+,9-/m0/s1. The molecule has 3 atom stereocenters. The highest BCUT2D eigenvalue weighted by atomic mass is 32.2. The van der Waals surface area contributed by atoms with Gasteiger partial charge in [-0.3, -0.25) is 4.79 Å². The molecule has 16 heavy (non-hydrogen) atoms. The first-order valence-corrected chi connectivity index (χ1v) is 6.65. The van der Waals surface area contributed by atoms with Crippen molar-refractivity contribution in [3.63, 3.8) is 0 Å². The summed E-state index contributed by atoms with van der Waals surface area (Å²) in [7, 11) is -3.32. The van der Waals surface area contributed by atoms with Crippen LogP contribution in [0.4, 0.5) is 0 Å². The second-order valence-electron chi connectivity index (χ2n) is 3.61. The zero-order valence-corrected chi connectivity index (χ0v) is 10.2. The van der Waals surface area contributed by atoms with Crippen LogP contribution in [0.2, 0.25) is 0 Å². The van der Waals surface area contributed by atoms with E-state index in [0.29, 0.717) is 0 Å². The van der Waals surface area contributed by atoms with Crippen LogP contribution in [-0.4, -0.2) is 39.1 Å². The molecule has 92 valence electrons. The van der Waals surface area contributed by atoms with E-state index >= 15 is 0 Å². The van der Waals surface area contributed by atoms with Gasteiger partial charge in [-0.25, -0.2) is 8.42 Å². The summed E-state index contributed by atoms with van der Waals surface area (Å²) in [6.07, 6.45) is 2.58. The van der Waals surface area contributed by atoms with Gasteiger partial charge >= 0.3 is 5.97 Å². The Morgan fingerprint density at radius 3 is 2.50 bits per heavy atom. The summed E-state index contributed by atoms with van der Waals surface area (Å²) < 4.78 is 34.5. The Balaban J connectivity index is 2.62. The minimum Gasteiger partial charge on any atom is -0.456 e. The van der Waals surface area contributed by atoms with Crippen molar-refractivity contribution >= 4 is 16.0 Å². The molecule has 0 aromatic heterocycles. The second kappa shape index (κ2) is 4.94. The molecule has 0 spiro atoms. The molecule has 6 nitrogen and oxygen atoms in total. The highest BCUT2D eigenvalue weighted by molar-refractivity contribution is 7.88. The third-order valence-corrected chi connectivity index (χ3v) is 2.59. The molecule has 1 aliphatic heterocycles. The SMILES string of the molecule is CC(=O)O[C@@H]1C=C[C@@H](NS(C)(=O)=O)O[C@H]1C. The molecule has 0 saturated carbocycles. The molecule has 0 fully saturated rings. The number of carbonyl (C=O) groups excluding carboxylic acids is 1. The lowest BCUT2D eigenvalue weighted by Crippen LogP contribution is -2.43. The van der Waals surface area contributed by atoms with E-state index in [1.807, 2.05) is 0 Å². The highest BCUT2D eigenvalue weighted by Gasteiger charge is 2.26. The maximum atomic E-state index is 11.0. The van der Waals surface area contributed by atoms with E-state index in [1.165, 1.54) is 13.0 Å². The third kappa shape index (κ3) is 4.30. The molecule has 0 bridgehead atoms. The average molecular weight is 249 g/mol. The average Bonchev–Trinajstić information content (AvgIpc) is 2.06. The van der Waals surface area contributed by atoms with E-state index in [9.17, 15) is 13.2 Å². The lowest BCUT2D eigenvalue weighted by molar-refractivity contribution is -0.153. The Kier molecular flexibility index (Phi) is 4.06. The first kappa shape index (κ1) is 13.1. The summed E-state index contributed by atoms with van der Waals surface area (Å²) in [6.45, 7) is 3.01. The predicted molar refractivity (Wildman–Crippen MR) is 57.0 cm³/mol. The van der Waals surface area contributed by atoms with Gasteiger partial charge in [0.25, 0.3) is 0 Å². The summed E-state index contributed by atoms with van der Waals surface area (Å²) in [5, 5.41) is 0. The first-order chi connectivity index (χ1) is 7.28. The maximum absolute atomic E-state index is 11.0. The van der Waals surface area contributed by atoms with Crippen LogP contribution in [0.3, 0.4) is 0 Å². The zero-order chi connectivity index (χ0) is 12.3. The Morgan fingerprint density at radius 1 is 1.44 bits per heavy atom. The Hall–Kier alpha value is -0.920. The van der Waals surface area contributed by atoms with Crippen molar-refractivity contribution in [2.24, 2.45) is 0 Å². The number of hydrogen-bond donors (Lipinski definition) is 1. The topological polar surface area (TPSA) is 81.7 Å². The van der Waals surface area contributed by atoms with Gasteiger partial charge in [-0.15, -0.1) is 0 Å². The van der Waals surface area contributed by atoms with Gasteiger partial charge in [0, 0.05) is 6.92 Å². The largest absolute Gasteiger partial charge is 0.456 e. The lowest BCUT2D eigenvalue weighted by Gasteiger charge is -2.29. The van der Waals surface area contributed by atoms with E-state index in [-0.39, 0.29) is 0 Å². The van der Waals surface area contributed by atoms with Crippen LogP contribution in [0.25, 0.3) is 0 Å². The van der Waals surface area contributed by atoms with Crippen LogP contribution in [0.1, 0.15) is 13.8 Å². The summed E-state index contributed by atoms with van der Waals surface area (Å²) in [5.41, 5.74) is 0. The van der Waals surface area contributed by atoms with Gasteiger partial charge in [-0.2, -0.15) is 4.72 Å². The van der Waals surface area contributed by atoms with Crippen molar-refractivity contribution in [3.8, 4) is 0 Å². The van der Waals surface area contributed by atoms with Crippen LogP contribution < -0.4 is 4.72 Å². The highest BCUT2D eigenvalue weighted by Crippen LogP contribution is 2.14. The minimum atomic E-state index is -3.32. The van der Waals surface area contributed by atoms with Gasteiger partial charge in [0.15, 0.2) is 0 Å². The van der Waals surface area contributed by atoms with Crippen molar-refractivity contribution in [3.05, 3.63) is 12.2 Å². The van der Waals surface area contributed by atoms with E-state index in [4.69, 9.17) is 9.47 Å². The fourth-order valence-electron chi connectivity index (χ4n) is 1.33. The van der Waals surface area contributed by atoms with Crippen LogP contribution in [0, 0.1) is 0 Å². The number of carbonyl (C=O) groups is 1. The third-order valence-electron chi connectivity index (χ3n) is 1.93. The number of rotatable bonds is 3. The van der Waals surface area contributed by atoms with Gasteiger partial charge in [0.2, 0.25) is 10.0 Å². The Bertz CT molecular complexity index is 389. The molecule has 1 heterocycles. The van der Waals surface area contributed by atoms with Crippen molar-refractivity contribution < 1.29 is 22.7 Å². The molecule has 0 radical (unpaired) electrons. The molecular formula is C9H15NO5S. The van der Waals surface area contributed by atoms with Crippen molar-refractivity contribution in [2.75, 3.05) is 6.26 Å². The molecule has 1 N–H and O–H groups in total. The number of ether oxygens (including phenoxy) is 2. The summed E-state index contributed by atoms with van der Waals surface area (Å²) in [5.74, 6) is -0.403. The zero-order valence-electron chi connectivity index (χ0n) is 9.34. The quantitative estimate of drug-likeness (QED) is 0.552. The lowest BCUT2D eigenvalue weighted by atomic mass is 10.1. The fraction of sp³-hybridized carbons (Fsp3) is 0.667. The number of esters is 1. The second-order valence-corrected chi connectivity index (χ2v) is 5.39. The molecular weight excluding hydrogens is 234 g/mol. The van der Waals surface area contributed by atoms with Crippen LogP contribution in [0.15, 0.2) is 12.2 Å². The van der Waals surface area contributed by atoms with Crippen molar-refractivity contribution in [1.29, 1.82) is 0 Å². The first-order valence-electron chi connectivity index (χ1n) is 4.76. The Morgan fingerprint density at radius 2 is 2.06 bits per heavy atom. The smallest absolute Gasteiger partial charge is 0.303 e. The molecule has 0 amide bonds. The van der Waals surface area contributed by atoms with Crippen molar-refractivity contribution in [2.45, 2.75) is 32.3 Å². The predicted octanol–water partition coefficient (Wildman–Crippen LogP) is -0.232. The van der Waals surface area contributed by atoms with E-state index in [0.717, 1.165) is 6.26 Å². The van der Waals surface area contributed by atoms with Gasteiger partial charge in [-0.05, 0) is 19.1 Å². The van der Waals surface area contributed by atoms with Gasteiger partial charge in [0.1, 0.15) is 12.3 Å². The molecule has 0 aliphatic carbocycles. The summed E-state index contributed by atoms with van der Waals surface area (Å²) >= 11 is 0. The van der Waals surface area contributed by atoms with E-state index in [2.05, 4.69) is 4.72 Å². The number of hydrogen-bond acceptors (Lipinski definition) is 5. The van der Waals surface area contributed by atoms with Crippen LogP contribution in [-0.2, 0) is 24.3 Å². The minimum absolute atomic E-state index is 0.395. The normalized spacial score (nSPS) is 30.1. The van der Waals surface area contributed by atoms with Gasteiger partial charge in [-0.1, -0.05) is 0 Å². The molecule has 0 saturated heterocycles.